The number of sulfone groups is 1. The van der Waals surface area contributed by atoms with Crippen molar-refractivity contribution >= 4 is 21.5 Å². The maximum absolute atomic E-state index is 12.4. The predicted octanol–water partition coefficient (Wildman–Crippen LogP) is 0.417. The van der Waals surface area contributed by atoms with E-state index in [0.29, 0.717) is 0 Å². The number of rotatable bonds is 2. The molecule has 96 valence electrons. The number of amides is 1. The average molecular weight is 266 g/mol. The van der Waals surface area contributed by atoms with Crippen LogP contribution < -0.4 is 0 Å². The molecule has 5 nitrogen and oxygen atoms in total. The molecule has 0 aromatic rings. The van der Waals surface area contributed by atoms with Crippen molar-refractivity contribution in [2.75, 3.05) is 11.5 Å². The Labute approximate surface area is 97.4 Å². The standard InChI is InChI=1S/C9H12F2N2O3S/c1-9(2-3-17(15,16)5-9)13-7(14)4-6(12-13)8(10)11/h8H,2-5H2,1H3. The van der Waals surface area contributed by atoms with Gasteiger partial charge in [0.15, 0.2) is 9.84 Å². The highest BCUT2D eigenvalue weighted by Crippen LogP contribution is 2.33. The van der Waals surface area contributed by atoms with Crippen LogP contribution in [-0.4, -0.2) is 48.5 Å². The fourth-order valence-electron chi connectivity index (χ4n) is 2.15. The minimum atomic E-state index is -3.20. The van der Waals surface area contributed by atoms with Crippen molar-refractivity contribution in [3.05, 3.63) is 0 Å². The summed E-state index contributed by atoms with van der Waals surface area (Å²) in [6.45, 7) is 1.56. The van der Waals surface area contributed by atoms with Gasteiger partial charge in [-0.3, -0.25) is 4.79 Å². The monoisotopic (exact) mass is 266 g/mol. The van der Waals surface area contributed by atoms with Crippen molar-refractivity contribution in [1.82, 2.24) is 5.01 Å². The van der Waals surface area contributed by atoms with Gasteiger partial charge in [0.25, 0.3) is 6.43 Å². The minimum Gasteiger partial charge on any atom is -0.272 e. The molecule has 2 aliphatic heterocycles. The molecular formula is C9H12F2N2O3S. The third-order valence-corrected chi connectivity index (χ3v) is 4.93. The van der Waals surface area contributed by atoms with E-state index in [9.17, 15) is 22.0 Å². The van der Waals surface area contributed by atoms with E-state index >= 15 is 0 Å². The van der Waals surface area contributed by atoms with Crippen LogP contribution in [0.2, 0.25) is 0 Å². The van der Waals surface area contributed by atoms with Crippen LogP contribution in [0.5, 0.6) is 0 Å². The molecule has 0 radical (unpaired) electrons. The summed E-state index contributed by atoms with van der Waals surface area (Å²) >= 11 is 0. The zero-order valence-corrected chi connectivity index (χ0v) is 10.0. The molecule has 0 bridgehead atoms. The number of carbonyl (C=O) groups is 1. The van der Waals surface area contributed by atoms with Crippen LogP contribution in [0.4, 0.5) is 8.78 Å². The van der Waals surface area contributed by atoms with Crippen LogP contribution in [0.1, 0.15) is 19.8 Å². The molecule has 2 heterocycles. The summed E-state index contributed by atoms with van der Waals surface area (Å²) in [4.78, 5) is 11.6. The first-order chi connectivity index (χ1) is 7.73. The number of alkyl halides is 2. The lowest BCUT2D eigenvalue weighted by molar-refractivity contribution is -0.133. The van der Waals surface area contributed by atoms with Gasteiger partial charge >= 0.3 is 0 Å². The summed E-state index contributed by atoms with van der Waals surface area (Å²) in [5, 5.41) is 4.50. The summed E-state index contributed by atoms with van der Waals surface area (Å²) in [6, 6.07) is 0. The molecule has 0 aromatic heterocycles. The van der Waals surface area contributed by atoms with E-state index in [0.717, 1.165) is 5.01 Å². The highest BCUT2D eigenvalue weighted by Gasteiger charge is 2.48. The quantitative estimate of drug-likeness (QED) is 0.727. The average Bonchev–Trinajstić information content (AvgIpc) is 2.69. The van der Waals surface area contributed by atoms with Gasteiger partial charge in [0.2, 0.25) is 5.91 Å². The molecule has 0 N–H and O–H groups in total. The fourth-order valence-corrected chi connectivity index (χ4v) is 4.26. The smallest absolute Gasteiger partial charge is 0.272 e. The van der Waals surface area contributed by atoms with Crippen LogP contribution in [0.15, 0.2) is 5.10 Å². The minimum absolute atomic E-state index is 0.0349. The van der Waals surface area contributed by atoms with E-state index in [4.69, 9.17) is 0 Å². The Morgan fingerprint density at radius 1 is 1.47 bits per heavy atom. The van der Waals surface area contributed by atoms with Crippen molar-refractivity contribution in [3.8, 4) is 0 Å². The SMILES string of the molecule is CC1(N2N=C(C(F)F)CC2=O)CCS(=O)(=O)C1. The van der Waals surface area contributed by atoms with Gasteiger partial charge in [0.05, 0.1) is 23.5 Å². The van der Waals surface area contributed by atoms with Crippen LogP contribution in [0, 0.1) is 0 Å². The first kappa shape index (κ1) is 12.4. The predicted molar refractivity (Wildman–Crippen MR) is 56.6 cm³/mol. The van der Waals surface area contributed by atoms with Crippen LogP contribution in [0.3, 0.4) is 0 Å². The molecular weight excluding hydrogens is 254 g/mol. The summed E-state index contributed by atoms with van der Waals surface area (Å²) in [7, 11) is -3.20. The highest BCUT2D eigenvalue weighted by molar-refractivity contribution is 7.91. The van der Waals surface area contributed by atoms with Crippen molar-refractivity contribution < 1.29 is 22.0 Å². The van der Waals surface area contributed by atoms with Crippen molar-refractivity contribution in [3.63, 3.8) is 0 Å². The van der Waals surface area contributed by atoms with Gasteiger partial charge in [-0.15, -0.1) is 0 Å². The first-order valence-corrected chi connectivity index (χ1v) is 6.95. The second-order valence-corrected chi connectivity index (χ2v) is 6.80. The number of hydrogen-bond donors (Lipinski definition) is 0. The van der Waals surface area contributed by atoms with Crippen molar-refractivity contribution in [2.24, 2.45) is 5.10 Å². The number of nitrogens with zero attached hydrogens (tertiary/aromatic N) is 2. The molecule has 1 amide bonds. The van der Waals surface area contributed by atoms with Gasteiger partial charge < -0.3 is 0 Å². The molecule has 1 saturated heterocycles. The molecule has 1 fully saturated rings. The van der Waals surface area contributed by atoms with Gasteiger partial charge in [0.1, 0.15) is 5.71 Å². The van der Waals surface area contributed by atoms with Crippen LogP contribution in [0.25, 0.3) is 0 Å². The zero-order chi connectivity index (χ0) is 12.8. The Kier molecular flexibility index (Phi) is 2.72. The van der Waals surface area contributed by atoms with E-state index < -0.39 is 39.8 Å². The third kappa shape index (κ3) is 2.18. The second-order valence-electron chi connectivity index (χ2n) is 4.61. The van der Waals surface area contributed by atoms with Gasteiger partial charge in [-0.2, -0.15) is 5.10 Å². The number of hydrazone groups is 1. The van der Waals surface area contributed by atoms with E-state index in [-0.39, 0.29) is 17.9 Å². The maximum Gasteiger partial charge on any atom is 0.278 e. The fraction of sp³-hybridized carbons (Fsp3) is 0.778. The number of halogens is 2. The Balaban J connectivity index is 2.27. The van der Waals surface area contributed by atoms with E-state index in [1.165, 1.54) is 0 Å². The lowest BCUT2D eigenvalue weighted by Crippen LogP contribution is -2.45. The molecule has 0 saturated carbocycles. The number of hydrogen-bond acceptors (Lipinski definition) is 4. The van der Waals surface area contributed by atoms with Crippen molar-refractivity contribution in [2.45, 2.75) is 31.7 Å². The molecule has 0 aromatic carbocycles. The summed E-state index contributed by atoms with van der Waals surface area (Å²) in [5.74, 6) is -0.807. The normalized spacial score (nSPS) is 32.4. The van der Waals surface area contributed by atoms with Gasteiger partial charge in [0, 0.05) is 0 Å². The first-order valence-electron chi connectivity index (χ1n) is 5.12. The molecule has 2 rings (SSSR count). The number of carbonyl (C=O) groups excluding carboxylic acids is 1. The van der Waals surface area contributed by atoms with E-state index in [2.05, 4.69) is 5.10 Å². The molecule has 1 atom stereocenters. The molecule has 2 aliphatic rings. The van der Waals surface area contributed by atoms with Crippen LogP contribution >= 0.6 is 0 Å². The molecule has 0 aliphatic carbocycles. The molecule has 8 heteroatoms. The third-order valence-electron chi connectivity index (χ3n) is 3.04. The summed E-state index contributed by atoms with van der Waals surface area (Å²) in [5.41, 5.74) is -1.47. The Bertz CT molecular complexity index is 488. The topological polar surface area (TPSA) is 66.8 Å². The van der Waals surface area contributed by atoms with Gasteiger partial charge in [-0.1, -0.05) is 0 Å². The molecule has 0 spiro atoms. The summed E-state index contributed by atoms with van der Waals surface area (Å²) in [6.07, 6.45) is -2.96. The Morgan fingerprint density at radius 2 is 2.12 bits per heavy atom. The van der Waals surface area contributed by atoms with Gasteiger partial charge in [-0.25, -0.2) is 22.2 Å². The Hall–Kier alpha value is -1.05. The van der Waals surface area contributed by atoms with Crippen LogP contribution in [-0.2, 0) is 14.6 Å². The Morgan fingerprint density at radius 3 is 2.53 bits per heavy atom. The highest BCUT2D eigenvalue weighted by atomic mass is 32.2. The van der Waals surface area contributed by atoms with E-state index in [1.54, 1.807) is 6.92 Å². The largest absolute Gasteiger partial charge is 0.278 e. The van der Waals surface area contributed by atoms with Crippen molar-refractivity contribution in [1.29, 1.82) is 0 Å². The molecule has 17 heavy (non-hydrogen) atoms. The van der Waals surface area contributed by atoms with E-state index in [1.807, 2.05) is 0 Å². The lowest BCUT2D eigenvalue weighted by Gasteiger charge is -2.30. The maximum atomic E-state index is 12.4. The lowest BCUT2D eigenvalue weighted by atomic mass is 10.0. The zero-order valence-electron chi connectivity index (χ0n) is 9.19. The second kappa shape index (κ2) is 3.72. The van der Waals surface area contributed by atoms with Gasteiger partial charge in [-0.05, 0) is 13.3 Å². The molecule has 1 unspecified atom stereocenters. The summed E-state index contributed by atoms with van der Waals surface area (Å²) < 4.78 is 47.6.